The SMILES string of the molecule is CC(=O)N[C@@H]1CC[C@H](COC(C)=O)O[C@H]1OCc1ccccc1. The lowest BCUT2D eigenvalue weighted by Gasteiger charge is -2.36. The van der Waals surface area contributed by atoms with Crippen molar-refractivity contribution in [2.24, 2.45) is 0 Å². The average molecular weight is 321 g/mol. The molecule has 0 saturated carbocycles. The Morgan fingerprint density at radius 2 is 1.96 bits per heavy atom. The summed E-state index contributed by atoms with van der Waals surface area (Å²) in [6, 6.07) is 9.55. The van der Waals surface area contributed by atoms with Gasteiger partial charge in [-0.25, -0.2) is 0 Å². The fourth-order valence-corrected chi connectivity index (χ4v) is 2.50. The Bertz CT molecular complexity index is 519. The van der Waals surface area contributed by atoms with Gasteiger partial charge in [-0.15, -0.1) is 0 Å². The minimum absolute atomic E-state index is 0.120. The van der Waals surface area contributed by atoms with Gasteiger partial charge in [-0.3, -0.25) is 9.59 Å². The molecule has 0 aliphatic carbocycles. The van der Waals surface area contributed by atoms with Crippen molar-refractivity contribution in [2.75, 3.05) is 6.61 Å². The third kappa shape index (κ3) is 6.00. The fraction of sp³-hybridized carbons (Fsp3) is 0.529. The van der Waals surface area contributed by atoms with Gasteiger partial charge in [-0.2, -0.15) is 0 Å². The van der Waals surface area contributed by atoms with E-state index in [2.05, 4.69) is 5.32 Å². The van der Waals surface area contributed by atoms with E-state index in [0.717, 1.165) is 5.56 Å². The van der Waals surface area contributed by atoms with Gasteiger partial charge in [-0.05, 0) is 18.4 Å². The molecule has 0 spiro atoms. The zero-order chi connectivity index (χ0) is 16.7. The lowest BCUT2D eigenvalue weighted by Crippen LogP contribution is -2.50. The van der Waals surface area contributed by atoms with Gasteiger partial charge < -0.3 is 19.5 Å². The molecular weight excluding hydrogens is 298 g/mol. The van der Waals surface area contributed by atoms with Crippen LogP contribution in [-0.2, 0) is 30.4 Å². The van der Waals surface area contributed by atoms with Gasteiger partial charge in [-0.1, -0.05) is 30.3 Å². The van der Waals surface area contributed by atoms with E-state index in [1.165, 1.54) is 13.8 Å². The van der Waals surface area contributed by atoms with Crippen LogP contribution < -0.4 is 5.32 Å². The molecule has 3 atom stereocenters. The van der Waals surface area contributed by atoms with E-state index in [-0.39, 0.29) is 30.6 Å². The number of ether oxygens (including phenoxy) is 3. The number of carbonyl (C=O) groups is 2. The first-order valence-corrected chi connectivity index (χ1v) is 7.76. The second-order valence-corrected chi connectivity index (χ2v) is 5.61. The second kappa shape index (κ2) is 8.64. The van der Waals surface area contributed by atoms with Crippen molar-refractivity contribution in [3.63, 3.8) is 0 Å². The summed E-state index contributed by atoms with van der Waals surface area (Å²) < 4.78 is 16.7. The Labute approximate surface area is 136 Å². The Kier molecular flexibility index (Phi) is 6.55. The smallest absolute Gasteiger partial charge is 0.302 e. The molecule has 1 amide bonds. The maximum atomic E-state index is 11.3. The molecule has 0 aromatic heterocycles. The number of rotatable bonds is 6. The summed E-state index contributed by atoms with van der Waals surface area (Å²) in [5.41, 5.74) is 1.03. The third-order valence-corrected chi connectivity index (χ3v) is 3.57. The summed E-state index contributed by atoms with van der Waals surface area (Å²) in [7, 11) is 0. The first-order chi connectivity index (χ1) is 11.0. The van der Waals surface area contributed by atoms with Gasteiger partial charge in [0.1, 0.15) is 6.61 Å². The van der Waals surface area contributed by atoms with Crippen molar-refractivity contribution in [3.8, 4) is 0 Å². The maximum absolute atomic E-state index is 11.3. The van der Waals surface area contributed by atoms with Crippen molar-refractivity contribution in [1.82, 2.24) is 5.32 Å². The predicted molar refractivity (Wildman–Crippen MR) is 83.4 cm³/mol. The quantitative estimate of drug-likeness (QED) is 0.809. The highest BCUT2D eigenvalue weighted by Gasteiger charge is 2.33. The van der Waals surface area contributed by atoms with Crippen LogP contribution in [0.1, 0.15) is 32.3 Å². The standard InChI is InChI=1S/C17H23NO5/c1-12(19)18-16-9-8-15(11-21-13(2)20)23-17(16)22-10-14-6-4-3-5-7-14/h3-7,15-17H,8-11H2,1-2H3,(H,18,19)/t15-,16-,17-/m1/s1. The van der Waals surface area contributed by atoms with Crippen molar-refractivity contribution in [1.29, 1.82) is 0 Å². The van der Waals surface area contributed by atoms with E-state index in [9.17, 15) is 9.59 Å². The van der Waals surface area contributed by atoms with E-state index < -0.39 is 6.29 Å². The molecule has 1 aliphatic rings. The van der Waals surface area contributed by atoms with Crippen LogP contribution in [0.15, 0.2) is 30.3 Å². The third-order valence-electron chi connectivity index (χ3n) is 3.57. The summed E-state index contributed by atoms with van der Waals surface area (Å²) in [5.74, 6) is -0.454. The lowest BCUT2D eigenvalue weighted by atomic mass is 10.0. The molecule has 0 bridgehead atoms. The Balaban J connectivity index is 1.93. The first-order valence-electron chi connectivity index (χ1n) is 7.76. The summed E-state index contributed by atoms with van der Waals surface area (Å²) in [5, 5.41) is 2.86. The summed E-state index contributed by atoms with van der Waals surface area (Å²) in [6.45, 7) is 3.43. The van der Waals surface area contributed by atoms with E-state index in [1.807, 2.05) is 30.3 Å². The molecule has 0 unspecified atom stereocenters. The van der Waals surface area contributed by atoms with Gasteiger partial charge in [0, 0.05) is 13.8 Å². The number of carbonyl (C=O) groups excluding carboxylic acids is 2. The molecule has 1 saturated heterocycles. The molecule has 6 heteroatoms. The molecule has 1 fully saturated rings. The van der Waals surface area contributed by atoms with E-state index in [4.69, 9.17) is 14.2 Å². The topological polar surface area (TPSA) is 73.9 Å². The van der Waals surface area contributed by atoms with Gasteiger partial charge in [0.05, 0.1) is 18.8 Å². The zero-order valence-corrected chi connectivity index (χ0v) is 13.5. The van der Waals surface area contributed by atoms with Crippen molar-refractivity contribution < 1.29 is 23.8 Å². The van der Waals surface area contributed by atoms with Crippen molar-refractivity contribution >= 4 is 11.9 Å². The number of benzene rings is 1. The van der Waals surface area contributed by atoms with Gasteiger partial charge in [0.25, 0.3) is 0 Å². The van der Waals surface area contributed by atoms with Crippen LogP contribution in [-0.4, -0.2) is 36.9 Å². The second-order valence-electron chi connectivity index (χ2n) is 5.61. The Morgan fingerprint density at radius 3 is 2.61 bits per heavy atom. The zero-order valence-electron chi connectivity index (χ0n) is 13.5. The van der Waals surface area contributed by atoms with Gasteiger partial charge in [0.15, 0.2) is 6.29 Å². The number of hydrogen-bond donors (Lipinski definition) is 1. The van der Waals surface area contributed by atoms with Crippen LogP contribution in [0.25, 0.3) is 0 Å². The summed E-state index contributed by atoms with van der Waals surface area (Å²) >= 11 is 0. The normalized spacial score (nSPS) is 24.0. The van der Waals surface area contributed by atoms with Crippen molar-refractivity contribution in [3.05, 3.63) is 35.9 Å². The Morgan fingerprint density at radius 1 is 1.22 bits per heavy atom. The predicted octanol–water partition coefficient (Wildman–Crippen LogP) is 1.78. The molecule has 6 nitrogen and oxygen atoms in total. The van der Waals surface area contributed by atoms with Crippen LogP contribution >= 0.6 is 0 Å². The number of esters is 1. The molecule has 1 aromatic rings. The van der Waals surface area contributed by atoms with Crippen LogP contribution in [0.3, 0.4) is 0 Å². The number of nitrogens with one attached hydrogen (secondary N) is 1. The molecule has 1 aromatic carbocycles. The monoisotopic (exact) mass is 321 g/mol. The highest BCUT2D eigenvalue weighted by molar-refractivity contribution is 5.73. The molecule has 1 aliphatic heterocycles. The fourth-order valence-electron chi connectivity index (χ4n) is 2.50. The molecule has 1 heterocycles. The number of hydrogen-bond acceptors (Lipinski definition) is 5. The van der Waals surface area contributed by atoms with Gasteiger partial charge in [0.2, 0.25) is 5.91 Å². The average Bonchev–Trinajstić information content (AvgIpc) is 2.53. The maximum Gasteiger partial charge on any atom is 0.302 e. The van der Waals surface area contributed by atoms with Crippen molar-refractivity contribution in [2.45, 2.75) is 51.7 Å². The van der Waals surface area contributed by atoms with Crippen LogP contribution in [0, 0.1) is 0 Å². The van der Waals surface area contributed by atoms with E-state index >= 15 is 0 Å². The van der Waals surface area contributed by atoms with E-state index in [0.29, 0.717) is 19.4 Å². The van der Waals surface area contributed by atoms with Crippen LogP contribution in [0.5, 0.6) is 0 Å². The van der Waals surface area contributed by atoms with Gasteiger partial charge >= 0.3 is 5.97 Å². The van der Waals surface area contributed by atoms with Crippen LogP contribution in [0.2, 0.25) is 0 Å². The first kappa shape index (κ1) is 17.4. The molecular formula is C17H23NO5. The Hall–Kier alpha value is -1.92. The molecule has 2 rings (SSSR count). The minimum Gasteiger partial charge on any atom is -0.463 e. The number of amides is 1. The molecule has 1 N–H and O–H groups in total. The lowest BCUT2D eigenvalue weighted by molar-refractivity contribution is -0.222. The summed E-state index contributed by atoms with van der Waals surface area (Å²) in [4.78, 5) is 22.3. The molecule has 0 radical (unpaired) electrons. The molecule has 126 valence electrons. The largest absolute Gasteiger partial charge is 0.463 e. The van der Waals surface area contributed by atoms with E-state index in [1.54, 1.807) is 0 Å². The molecule has 23 heavy (non-hydrogen) atoms. The van der Waals surface area contributed by atoms with Crippen LogP contribution in [0.4, 0.5) is 0 Å². The highest BCUT2D eigenvalue weighted by atomic mass is 16.7. The summed E-state index contributed by atoms with van der Waals surface area (Å²) in [6.07, 6.45) is 0.632. The highest BCUT2D eigenvalue weighted by Crippen LogP contribution is 2.22. The minimum atomic E-state index is -0.562.